The van der Waals surface area contributed by atoms with Gasteiger partial charge in [0.05, 0.1) is 17.9 Å². The Morgan fingerprint density at radius 2 is 2.10 bits per heavy atom. The summed E-state index contributed by atoms with van der Waals surface area (Å²) in [5.41, 5.74) is 2.16. The number of carbonyl (C=O) groups is 1. The van der Waals surface area contributed by atoms with Crippen molar-refractivity contribution >= 4 is 17.5 Å². The highest BCUT2D eigenvalue weighted by atomic mass is 35.5. The van der Waals surface area contributed by atoms with Gasteiger partial charge in [-0.2, -0.15) is 0 Å². The van der Waals surface area contributed by atoms with E-state index in [1.165, 1.54) is 18.3 Å². The van der Waals surface area contributed by atoms with Crippen LogP contribution in [0, 0.1) is 6.92 Å². The summed E-state index contributed by atoms with van der Waals surface area (Å²) in [6.07, 6.45) is 2.11. The lowest BCUT2D eigenvalue weighted by Crippen LogP contribution is -2.46. The van der Waals surface area contributed by atoms with E-state index < -0.39 is 6.43 Å². The number of hydrogen-bond donors (Lipinski definition) is 0. The molecule has 150 valence electrons. The van der Waals surface area contributed by atoms with E-state index in [9.17, 15) is 13.6 Å². The number of nitrogens with zero attached hydrogens (tertiary/aromatic N) is 6. The predicted octanol–water partition coefficient (Wildman–Crippen LogP) is 3.68. The molecule has 4 rings (SSSR count). The van der Waals surface area contributed by atoms with Crippen molar-refractivity contribution in [3.8, 4) is 11.4 Å². The second-order valence-corrected chi connectivity index (χ2v) is 7.27. The molecule has 10 heteroatoms. The SMILES string of the molecule is Cc1cnc(Cl)nc1-c1cn2c(n1)C(=O)N(Cc1cc(C(F)F)ccn1)C(C)C2. The van der Waals surface area contributed by atoms with Gasteiger partial charge in [0.25, 0.3) is 12.3 Å². The zero-order valence-electron chi connectivity index (χ0n) is 15.7. The largest absolute Gasteiger partial charge is 0.326 e. The van der Waals surface area contributed by atoms with E-state index in [-0.39, 0.29) is 35.2 Å². The van der Waals surface area contributed by atoms with Crippen LogP contribution in [0.4, 0.5) is 8.78 Å². The van der Waals surface area contributed by atoms with Crippen molar-refractivity contribution in [3.05, 3.63) is 58.7 Å². The number of carbonyl (C=O) groups excluding carboxylic acids is 1. The van der Waals surface area contributed by atoms with Gasteiger partial charge >= 0.3 is 0 Å². The van der Waals surface area contributed by atoms with Gasteiger partial charge in [-0.15, -0.1) is 0 Å². The number of hydrogen-bond acceptors (Lipinski definition) is 5. The Morgan fingerprint density at radius 1 is 1.31 bits per heavy atom. The zero-order valence-corrected chi connectivity index (χ0v) is 16.4. The van der Waals surface area contributed by atoms with Crippen LogP contribution < -0.4 is 0 Å². The molecule has 0 spiro atoms. The number of pyridine rings is 1. The molecule has 3 aromatic heterocycles. The average Bonchev–Trinajstić information content (AvgIpc) is 3.11. The molecule has 7 nitrogen and oxygen atoms in total. The Labute approximate surface area is 170 Å². The van der Waals surface area contributed by atoms with Gasteiger partial charge in [-0.1, -0.05) is 0 Å². The number of aryl methyl sites for hydroxylation is 1. The molecule has 0 bridgehead atoms. The monoisotopic (exact) mass is 418 g/mol. The van der Waals surface area contributed by atoms with Crippen molar-refractivity contribution in [2.24, 2.45) is 0 Å². The maximum Gasteiger partial charge on any atom is 0.290 e. The molecule has 1 atom stereocenters. The smallest absolute Gasteiger partial charge is 0.290 e. The third kappa shape index (κ3) is 3.69. The molecule has 1 unspecified atom stereocenters. The number of rotatable bonds is 4. The molecule has 0 aliphatic carbocycles. The first-order valence-corrected chi connectivity index (χ1v) is 9.32. The molecule has 0 radical (unpaired) electrons. The van der Waals surface area contributed by atoms with Gasteiger partial charge in [-0.25, -0.2) is 23.7 Å². The van der Waals surface area contributed by atoms with Crippen molar-refractivity contribution < 1.29 is 13.6 Å². The fraction of sp³-hybridized carbons (Fsp3) is 0.316. The topological polar surface area (TPSA) is 76.8 Å². The molecule has 1 aliphatic rings. The van der Waals surface area contributed by atoms with Gasteiger partial charge in [-0.05, 0) is 43.1 Å². The number of fused-ring (bicyclic) bond motifs is 1. The highest BCUT2D eigenvalue weighted by Crippen LogP contribution is 2.26. The lowest BCUT2D eigenvalue weighted by atomic mass is 10.1. The van der Waals surface area contributed by atoms with Crippen LogP contribution >= 0.6 is 11.6 Å². The van der Waals surface area contributed by atoms with E-state index in [1.807, 2.05) is 13.8 Å². The highest BCUT2D eigenvalue weighted by molar-refractivity contribution is 6.28. The quantitative estimate of drug-likeness (QED) is 0.604. The molecule has 1 amide bonds. The summed E-state index contributed by atoms with van der Waals surface area (Å²) >= 11 is 5.90. The van der Waals surface area contributed by atoms with Crippen LogP contribution in [-0.4, -0.2) is 41.4 Å². The minimum absolute atomic E-state index is 0.0999. The zero-order chi connectivity index (χ0) is 20.7. The third-order valence-electron chi connectivity index (χ3n) is 4.83. The van der Waals surface area contributed by atoms with E-state index in [2.05, 4.69) is 19.9 Å². The van der Waals surface area contributed by atoms with Crippen LogP contribution in [0.15, 0.2) is 30.7 Å². The lowest BCUT2D eigenvalue weighted by Gasteiger charge is -2.33. The normalized spacial score (nSPS) is 16.4. The van der Waals surface area contributed by atoms with Gasteiger partial charge < -0.3 is 9.47 Å². The molecular formula is C19H17ClF2N6O. The lowest BCUT2D eigenvalue weighted by molar-refractivity contribution is 0.0584. The van der Waals surface area contributed by atoms with Crippen molar-refractivity contribution in [2.45, 2.75) is 39.4 Å². The Hall–Kier alpha value is -2.94. The maximum atomic E-state index is 13.1. The number of amides is 1. The number of halogens is 3. The molecule has 0 aromatic carbocycles. The van der Waals surface area contributed by atoms with Crippen LogP contribution in [0.2, 0.25) is 5.28 Å². The van der Waals surface area contributed by atoms with E-state index in [4.69, 9.17) is 11.6 Å². The molecular weight excluding hydrogens is 402 g/mol. The summed E-state index contributed by atoms with van der Waals surface area (Å²) in [6.45, 7) is 4.37. The summed E-state index contributed by atoms with van der Waals surface area (Å²) in [6, 6.07) is 2.43. The molecule has 3 aromatic rings. The molecule has 0 saturated carbocycles. The summed E-state index contributed by atoms with van der Waals surface area (Å²) in [5.74, 6) is -0.0331. The van der Waals surface area contributed by atoms with E-state index in [1.54, 1.807) is 21.9 Å². The van der Waals surface area contributed by atoms with Crippen LogP contribution in [0.25, 0.3) is 11.4 Å². The Morgan fingerprint density at radius 3 is 2.86 bits per heavy atom. The van der Waals surface area contributed by atoms with Crippen molar-refractivity contribution in [1.82, 2.24) is 29.4 Å². The number of aromatic nitrogens is 5. The van der Waals surface area contributed by atoms with Crippen molar-refractivity contribution in [3.63, 3.8) is 0 Å². The van der Waals surface area contributed by atoms with E-state index in [0.717, 1.165) is 5.56 Å². The van der Waals surface area contributed by atoms with Crippen molar-refractivity contribution in [1.29, 1.82) is 0 Å². The van der Waals surface area contributed by atoms with Crippen molar-refractivity contribution in [2.75, 3.05) is 0 Å². The molecule has 0 fully saturated rings. The highest BCUT2D eigenvalue weighted by Gasteiger charge is 2.32. The summed E-state index contributed by atoms with van der Waals surface area (Å²) in [7, 11) is 0. The summed E-state index contributed by atoms with van der Waals surface area (Å²) in [5, 5.41) is 0.0999. The number of alkyl halides is 2. The molecule has 4 heterocycles. The molecule has 0 N–H and O–H groups in total. The minimum atomic E-state index is -2.59. The first kappa shape index (κ1) is 19.4. The Bertz CT molecular complexity index is 1090. The average molecular weight is 419 g/mol. The predicted molar refractivity (Wildman–Crippen MR) is 102 cm³/mol. The Balaban J connectivity index is 1.64. The molecule has 29 heavy (non-hydrogen) atoms. The first-order chi connectivity index (χ1) is 13.8. The van der Waals surface area contributed by atoms with E-state index >= 15 is 0 Å². The van der Waals surface area contributed by atoms with Gasteiger partial charge in [0.15, 0.2) is 5.82 Å². The standard InChI is InChI=1S/C19H17ClF2N6O/c1-10-6-24-19(20)26-15(10)14-9-27-7-11(2)28(18(29)17(27)25-14)8-13-5-12(16(21)22)3-4-23-13/h3-6,9,11,16H,7-8H2,1-2H3. The van der Waals surface area contributed by atoms with Gasteiger partial charge in [-0.3, -0.25) is 9.78 Å². The fourth-order valence-electron chi connectivity index (χ4n) is 3.35. The van der Waals surface area contributed by atoms with Gasteiger partial charge in [0.2, 0.25) is 5.28 Å². The second kappa shape index (κ2) is 7.47. The second-order valence-electron chi connectivity index (χ2n) is 6.94. The molecule has 0 saturated heterocycles. The van der Waals surface area contributed by atoms with Crippen LogP contribution in [0.3, 0.4) is 0 Å². The summed E-state index contributed by atoms with van der Waals surface area (Å²) in [4.78, 5) is 31.4. The Kier molecular flexibility index (Phi) is 4.99. The van der Waals surface area contributed by atoms with Crippen LogP contribution in [0.5, 0.6) is 0 Å². The number of imidazole rings is 1. The molecule has 1 aliphatic heterocycles. The summed E-state index contributed by atoms with van der Waals surface area (Å²) < 4.78 is 27.7. The van der Waals surface area contributed by atoms with E-state index in [0.29, 0.717) is 23.6 Å². The maximum absolute atomic E-state index is 13.1. The van der Waals surface area contributed by atoms with Gasteiger partial charge in [0.1, 0.15) is 5.69 Å². The van der Waals surface area contributed by atoms with Gasteiger partial charge in [0, 0.05) is 36.7 Å². The minimum Gasteiger partial charge on any atom is -0.326 e. The van der Waals surface area contributed by atoms with Crippen LogP contribution in [-0.2, 0) is 13.1 Å². The third-order valence-corrected chi connectivity index (χ3v) is 5.01. The fourth-order valence-corrected chi connectivity index (χ4v) is 3.49. The van der Waals surface area contributed by atoms with Crippen LogP contribution in [0.1, 0.15) is 40.8 Å². The first-order valence-electron chi connectivity index (χ1n) is 8.94.